The molecule has 0 saturated heterocycles. The lowest BCUT2D eigenvalue weighted by atomic mass is 9.85. The van der Waals surface area contributed by atoms with Crippen molar-refractivity contribution in [2.75, 3.05) is 56.4 Å². The molecule has 12 aromatic rings. The van der Waals surface area contributed by atoms with Gasteiger partial charge in [-0.3, -0.25) is 38.4 Å². The standard InChI is InChI=1S/C29H33N3O8.C29H31N3O7.C23H25N3O6.C23H23N3O5/c1-5-17(34)7-10-25(36)40-29(6-2,28(38)39)21-12-23-26-16(13-32(23)27(37)20(21)15-33)11-18-19(14-31(3)4)24(35)9-8-22(18)30-26;1-5-17(33)7-10-25(35)39-29(6-2)21-12-23-26-16(13-32(23)27(36)20(21)15-38-28(29)37)11-18-19(14-31(3)4)24(34)9-8-22(18)30-26;1-4-23(32,22(30)31)16-8-18-20-12(9-26(18)21(29)15(16)11-27)7-13-14(10-25(2)3)19(28)6-5-17(13)24-20;1-4-23(30)16-8-18-20-12(9-26(18)21(28)15(16)11-31-22(23)29)7-13-14(10-25(2)3)19(27)6-5-17(13)24-20/h8-9,11-12,33,35H,5-7,10,13-15H2,1-4H3,(H,38,39);8-9,11-12,34H,5-7,10,13-15H2,1-4H3;5-8,27-28,32H,4,9-11H2,1-3H3,(H,30,31);5-8,27,30H,4,9-11H2,1-3H3/t2*29-;2*23-/m0000/s1. The Labute approximate surface area is 812 Å². The number of carbonyl (C=O) groups excluding carboxylic acids is 6. The van der Waals surface area contributed by atoms with Crippen LogP contribution in [-0.4, -0.2) is 213 Å². The average Bonchev–Trinajstić information content (AvgIpc) is 1.52. The number of ether oxygens (including phenoxy) is 4. The van der Waals surface area contributed by atoms with Crippen molar-refractivity contribution in [3.63, 3.8) is 0 Å². The number of carbonyl (C=O) groups is 8. The molecule has 18 rings (SSSR count). The highest BCUT2D eigenvalue weighted by atomic mass is 16.6. The number of fused-ring (bicyclic) bond motifs is 18. The molecule has 38 heteroatoms. The Balaban J connectivity index is 0.000000144. The van der Waals surface area contributed by atoms with Crippen LogP contribution in [0.5, 0.6) is 23.0 Å². The van der Waals surface area contributed by atoms with Crippen LogP contribution in [-0.2, 0) is 158 Å². The normalized spacial score (nSPS) is 16.1. The minimum absolute atomic E-state index is 0.0135. The minimum atomic E-state index is -2.31. The van der Waals surface area contributed by atoms with Crippen LogP contribution in [0.15, 0.2) is 116 Å². The number of aromatic nitrogens is 8. The molecule has 6 aliphatic rings. The largest absolute Gasteiger partial charge is 0.508 e. The van der Waals surface area contributed by atoms with E-state index in [1.807, 2.05) is 100 Å². The molecule has 8 aromatic heterocycles. The van der Waals surface area contributed by atoms with Gasteiger partial charge in [0.15, 0.2) is 11.2 Å². The Morgan fingerprint density at radius 1 is 0.415 bits per heavy atom. The first-order chi connectivity index (χ1) is 67.4. The van der Waals surface area contributed by atoms with Gasteiger partial charge in [-0.05, 0) is 179 Å². The van der Waals surface area contributed by atoms with E-state index in [-0.39, 0.29) is 164 Å². The van der Waals surface area contributed by atoms with Crippen LogP contribution in [0.3, 0.4) is 0 Å². The molecule has 0 amide bonds. The molecule has 0 bridgehead atoms. The van der Waals surface area contributed by atoms with E-state index in [0.717, 1.165) is 49.4 Å². The second kappa shape index (κ2) is 39.8. The molecule has 14 heterocycles. The lowest BCUT2D eigenvalue weighted by Crippen LogP contribution is -2.47. The SMILES string of the molecule is CCC(=O)CCC(=O)O[C@](CC)(C(=O)O)c1cc2n(c(=O)c1CO)Cc1cc3c(CN(C)C)c(O)ccc3nc1-2.CCC(=O)CCC(=O)O[C@]1(CC)C(=O)OCc2c1cc1n(c2=O)Cc2cc3c(CN(C)C)c(O)ccc3nc2-1.CC[C@@](O)(C(=O)O)c1cc2n(c(=O)c1CO)Cc1cc3c(CN(C)C)c(O)ccc3nc1-2.CC[C@@]1(O)C(=O)OCc2c1cc1n(c2=O)Cc2cc3c(CN(C)C)c(O)ccc3nc2-1. The molecule has 4 atom stereocenters. The number of Topliss-reactive ketones (excluding diaryl/α,β-unsaturated/α-hetero) is 2. The van der Waals surface area contributed by atoms with Crippen LogP contribution in [0.4, 0.5) is 0 Å². The maximum absolute atomic E-state index is 13.7. The van der Waals surface area contributed by atoms with Gasteiger partial charge in [0.2, 0.25) is 11.2 Å². The number of aliphatic hydroxyl groups is 4. The van der Waals surface area contributed by atoms with Crippen LogP contribution in [0.25, 0.3) is 89.2 Å². The first kappa shape index (κ1) is 102. The summed E-state index contributed by atoms with van der Waals surface area (Å²) in [6.45, 7) is 10.8. The van der Waals surface area contributed by atoms with Crippen molar-refractivity contribution >= 4 is 91.0 Å². The molecule has 0 fully saturated rings. The summed E-state index contributed by atoms with van der Waals surface area (Å²) in [4.78, 5) is 179. The van der Waals surface area contributed by atoms with E-state index in [1.54, 1.807) is 97.5 Å². The number of ketones is 2. The van der Waals surface area contributed by atoms with Crippen molar-refractivity contribution in [3.8, 4) is 68.5 Å². The fraction of sp³-hybridized carbons (Fsp3) is 0.385. The maximum Gasteiger partial charge on any atom is 0.355 e. The summed E-state index contributed by atoms with van der Waals surface area (Å²) in [5.41, 5.74) is 3.07. The number of phenolic OH excluding ortho intramolecular Hbond substituents is 4. The van der Waals surface area contributed by atoms with Crippen molar-refractivity contribution in [2.24, 2.45) is 0 Å². The summed E-state index contributed by atoms with van der Waals surface area (Å²) in [5, 5.41) is 107. The van der Waals surface area contributed by atoms with Crippen LogP contribution < -0.4 is 22.2 Å². The lowest BCUT2D eigenvalue weighted by molar-refractivity contribution is -0.189. The second-order valence-electron chi connectivity index (χ2n) is 37.3. The van der Waals surface area contributed by atoms with Crippen LogP contribution in [0.2, 0.25) is 0 Å². The quantitative estimate of drug-likeness (QED) is 0.0161. The number of nitrogens with zero attached hydrogens (tertiary/aromatic N) is 12. The highest BCUT2D eigenvalue weighted by Crippen LogP contribution is 2.47. The fourth-order valence-corrected chi connectivity index (χ4v) is 19.5. The number of pyridine rings is 8. The van der Waals surface area contributed by atoms with E-state index in [4.69, 9.17) is 38.9 Å². The first-order valence-corrected chi connectivity index (χ1v) is 46.6. The van der Waals surface area contributed by atoms with E-state index in [1.165, 1.54) is 35.1 Å². The molecule has 0 aliphatic carbocycles. The number of cyclic esters (lactones) is 2. The van der Waals surface area contributed by atoms with E-state index >= 15 is 0 Å². The van der Waals surface area contributed by atoms with Crippen molar-refractivity contribution in [3.05, 3.63) is 227 Å². The Morgan fingerprint density at radius 2 is 0.754 bits per heavy atom. The molecular formula is C104H112N12O26. The Kier molecular flexibility index (Phi) is 28.5. The van der Waals surface area contributed by atoms with Gasteiger partial charge in [-0.1, -0.05) is 41.5 Å². The molecule has 0 unspecified atom stereocenters. The number of rotatable bonds is 28. The zero-order valence-electron chi connectivity index (χ0n) is 81.2. The predicted molar refractivity (Wildman–Crippen MR) is 519 cm³/mol. The second-order valence-corrected chi connectivity index (χ2v) is 37.3. The molecule has 142 heavy (non-hydrogen) atoms. The molecule has 0 radical (unpaired) electrons. The first-order valence-electron chi connectivity index (χ1n) is 46.6. The highest BCUT2D eigenvalue weighted by molar-refractivity contribution is 5.96. The number of carboxylic acid groups (broad SMARTS) is 2. The zero-order chi connectivity index (χ0) is 103. The summed E-state index contributed by atoms with van der Waals surface area (Å²) in [5.74, 6) is -5.68. The molecular weight excluding hydrogens is 1830 g/mol. The molecule has 744 valence electrons. The predicted octanol–water partition coefficient (Wildman–Crippen LogP) is 9.05. The van der Waals surface area contributed by atoms with Crippen molar-refractivity contribution in [2.45, 2.75) is 207 Å². The Bertz CT molecular complexity index is 7560. The van der Waals surface area contributed by atoms with Gasteiger partial charge < -0.3 is 108 Å². The maximum atomic E-state index is 13.7. The third-order valence-electron chi connectivity index (χ3n) is 27.2. The van der Waals surface area contributed by atoms with E-state index in [9.17, 15) is 109 Å². The van der Waals surface area contributed by atoms with Gasteiger partial charge in [-0.25, -0.2) is 39.1 Å². The van der Waals surface area contributed by atoms with Crippen molar-refractivity contribution in [1.29, 1.82) is 0 Å². The number of aromatic hydroxyl groups is 4. The molecule has 4 aromatic carbocycles. The summed E-state index contributed by atoms with van der Waals surface area (Å²) in [6.07, 6.45) is -0.258. The van der Waals surface area contributed by atoms with Gasteiger partial charge in [0.25, 0.3) is 22.2 Å². The smallest absolute Gasteiger partial charge is 0.355 e. The summed E-state index contributed by atoms with van der Waals surface area (Å²) >= 11 is 0. The average molecular weight is 1950 g/mol. The monoisotopic (exact) mass is 1940 g/mol. The number of phenols is 4. The van der Waals surface area contributed by atoms with Gasteiger partial charge >= 0.3 is 35.8 Å². The topological polar surface area (TPSA) is 528 Å². The van der Waals surface area contributed by atoms with Crippen molar-refractivity contribution in [1.82, 2.24) is 57.8 Å². The minimum Gasteiger partial charge on any atom is -0.508 e. The number of aliphatic hydroxyl groups excluding tert-OH is 2. The number of benzene rings is 4. The third-order valence-corrected chi connectivity index (χ3v) is 27.2. The molecule has 38 nitrogen and oxygen atoms in total. The van der Waals surface area contributed by atoms with E-state index in [0.29, 0.717) is 140 Å². The van der Waals surface area contributed by atoms with E-state index < -0.39 is 82.6 Å². The third kappa shape index (κ3) is 18.1. The Hall–Kier alpha value is -14.6. The molecule has 6 aliphatic heterocycles. The fourth-order valence-electron chi connectivity index (χ4n) is 19.5. The summed E-state index contributed by atoms with van der Waals surface area (Å²) < 4.78 is 27.7. The lowest BCUT2D eigenvalue weighted by Gasteiger charge is -2.35. The summed E-state index contributed by atoms with van der Waals surface area (Å²) in [6, 6.07) is 27.1. The number of hydrogen-bond donors (Lipinski definition) is 10. The van der Waals surface area contributed by atoms with E-state index in [2.05, 4.69) is 0 Å². The number of esters is 4. The van der Waals surface area contributed by atoms with Gasteiger partial charge in [0.1, 0.15) is 47.8 Å². The summed E-state index contributed by atoms with van der Waals surface area (Å²) in [7, 11) is 15.2. The van der Waals surface area contributed by atoms with Crippen LogP contribution in [0, 0.1) is 0 Å². The van der Waals surface area contributed by atoms with Crippen LogP contribution in [0.1, 0.15) is 195 Å². The molecule has 0 saturated carbocycles. The molecule has 0 spiro atoms. The van der Waals surface area contributed by atoms with Gasteiger partial charge in [0, 0.05) is 146 Å². The zero-order valence-corrected chi connectivity index (χ0v) is 81.2. The molecule has 10 N–H and O–H groups in total. The van der Waals surface area contributed by atoms with Gasteiger partial charge in [-0.15, -0.1) is 0 Å². The highest BCUT2D eigenvalue weighted by Gasteiger charge is 2.52. The van der Waals surface area contributed by atoms with Gasteiger partial charge in [-0.2, -0.15) is 0 Å². The van der Waals surface area contributed by atoms with Gasteiger partial charge in [0.05, 0.1) is 137 Å². The number of carboxylic acids is 2. The van der Waals surface area contributed by atoms with Crippen LogP contribution >= 0.6 is 0 Å². The number of hydrogen-bond acceptors (Lipinski definition) is 32. The van der Waals surface area contributed by atoms with Crippen molar-refractivity contribution < 1.29 is 108 Å². The Morgan fingerprint density at radius 3 is 1.08 bits per heavy atom. The number of aliphatic carboxylic acids is 2.